The Kier molecular flexibility index (Phi) is 6.60. The quantitative estimate of drug-likeness (QED) is 0.206. The molecule has 3 aromatic carbocycles. The number of fused-ring (bicyclic) bond motifs is 3. The minimum absolute atomic E-state index is 0.0624. The average molecular weight is 636 g/mol. The van der Waals surface area contributed by atoms with Gasteiger partial charge in [0.2, 0.25) is 0 Å². The number of ketones is 1. The van der Waals surface area contributed by atoms with E-state index in [0.717, 1.165) is 48.1 Å². The van der Waals surface area contributed by atoms with Crippen molar-refractivity contribution in [1.82, 2.24) is 15.0 Å². The van der Waals surface area contributed by atoms with Crippen molar-refractivity contribution in [3.8, 4) is 17.0 Å². The van der Waals surface area contributed by atoms with Crippen molar-refractivity contribution in [3.05, 3.63) is 94.7 Å². The minimum Gasteiger partial charge on any atom is -0.379 e. The van der Waals surface area contributed by atoms with E-state index in [1.54, 1.807) is 29.1 Å². The molecule has 2 saturated carbocycles. The van der Waals surface area contributed by atoms with Crippen molar-refractivity contribution in [2.75, 3.05) is 0 Å². The van der Waals surface area contributed by atoms with Crippen LogP contribution in [-0.4, -0.2) is 29.2 Å². The van der Waals surface area contributed by atoms with E-state index in [-0.39, 0.29) is 33.7 Å². The molecule has 1 spiro atoms. The third kappa shape index (κ3) is 4.78. The fourth-order valence-electron chi connectivity index (χ4n) is 8.13. The van der Waals surface area contributed by atoms with Crippen molar-refractivity contribution < 1.29 is 30.6 Å². The number of aromatic nitrogens is 3. The Hall–Kier alpha value is -3.99. The summed E-state index contributed by atoms with van der Waals surface area (Å²) in [5, 5.41) is 8.60. The van der Waals surface area contributed by atoms with E-state index >= 15 is 0 Å². The van der Waals surface area contributed by atoms with Crippen LogP contribution in [0.25, 0.3) is 11.3 Å². The topological polar surface area (TPSA) is 91.2 Å². The highest BCUT2D eigenvalue weighted by Gasteiger charge is 2.65. The SMILES string of the molecule is Cc1ccc(S(=O)(=O)Oc2ccc3c(c2C)[C@H](Cn2cc(-c4ccc(C(F)(F)F)cc4)nn2)[C@@]24CC(=O)[C@@](C)(CC[C@@H]32)C4)cc1. The molecule has 0 unspecified atom stereocenters. The standard InChI is InChI=1S/C34H32F3N3O4S/c1-20-4-10-24(11-5-20)45(42,43)44-29-13-12-25-26-14-15-32(3)19-33(26,16-30(32)41)27(31(25)21(29)2)17-40-18-28(38-39-40)22-6-8-23(9-7-22)34(35,36)37/h4-13,18,26-27H,14-17,19H2,1-3H3/t26-,27-,32-,33+/m0/s1. The molecule has 0 aliphatic heterocycles. The Bertz CT molecular complexity index is 1940. The maximum absolute atomic E-state index is 13.5. The van der Waals surface area contributed by atoms with Crippen LogP contribution in [0.1, 0.15) is 72.3 Å². The van der Waals surface area contributed by atoms with Crippen molar-refractivity contribution in [1.29, 1.82) is 0 Å². The molecule has 7 nitrogen and oxygen atoms in total. The molecule has 3 aliphatic carbocycles. The number of halogens is 3. The number of benzene rings is 3. The molecule has 234 valence electrons. The monoisotopic (exact) mass is 635 g/mol. The van der Waals surface area contributed by atoms with Crippen LogP contribution in [-0.2, 0) is 27.6 Å². The van der Waals surface area contributed by atoms with Crippen LogP contribution in [0.5, 0.6) is 5.75 Å². The van der Waals surface area contributed by atoms with Gasteiger partial charge in [0, 0.05) is 23.3 Å². The second-order valence-corrected chi connectivity index (χ2v) is 14.7. The summed E-state index contributed by atoms with van der Waals surface area (Å²) in [7, 11) is -4.10. The van der Waals surface area contributed by atoms with E-state index in [4.69, 9.17) is 4.18 Å². The smallest absolute Gasteiger partial charge is 0.379 e. The van der Waals surface area contributed by atoms with Gasteiger partial charge in [0.25, 0.3) is 0 Å². The Morgan fingerprint density at radius 1 is 1.02 bits per heavy atom. The fourth-order valence-corrected chi connectivity index (χ4v) is 9.12. The molecule has 0 saturated heterocycles. The van der Waals surface area contributed by atoms with Gasteiger partial charge >= 0.3 is 16.3 Å². The van der Waals surface area contributed by atoms with Crippen molar-refractivity contribution in [3.63, 3.8) is 0 Å². The number of hydrogen-bond acceptors (Lipinski definition) is 6. The molecule has 2 bridgehead atoms. The lowest BCUT2D eigenvalue weighted by Gasteiger charge is -2.42. The van der Waals surface area contributed by atoms with Gasteiger partial charge in [-0.15, -0.1) is 5.10 Å². The molecule has 11 heteroatoms. The third-order valence-electron chi connectivity index (χ3n) is 10.4. The fraction of sp³-hybridized carbons (Fsp3) is 0.382. The Morgan fingerprint density at radius 3 is 2.42 bits per heavy atom. The highest BCUT2D eigenvalue weighted by molar-refractivity contribution is 7.87. The van der Waals surface area contributed by atoms with Crippen molar-refractivity contribution in [2.45, 2.75) is 75.9 Å². The van der Waals surface area contributed by atoms with E-state index < -0.39 is 27.3 Å². The summed E-state index contributed by atoms with van der Waals surface area (Å²) in [6, 6.07) is 15.0. The molecule has 0 radical (unpaired) electrons. The van der Waals surface area contributed by atoms with E-state index in [1.165, 1.54) is 24.3 Å². The Labute approximate surface area is 259 Å². The highest BCUT2D eigenvalue weighted by Crippen LogP contribution is 2.72. The molecule has 0 amide bonds. The molecule has 4 atom stereocenters. The molecule has 0 N–H and O–H groups in total. The van der Waals surface area contributed by atoms with E-state index in [1.807, 2.05) is 26.8 Å². The number of alkyl halides is 3. The number of nitrogens with zero attached hydrogens (tertiary/aromatic N) is 3. The Morgan fingerprint density at radius 2 is 1.73 bits per heavy atom. The second kappa shape index (κ2) is 10.0. The summed E-state index contributed by atoms with van der Waals surface area (Å²) in [6.07, 6.45) is 0.0650. The van der Waals surface area contributed by atoms with Crippen LogP contribution in [0.3, 0.4) is 0 Å². The molecule has 45 heavy (non-hydrogen) atoms. The van der Waals surface area contributed by atoms with Gasteiger partial charge in [0.1, 0.15) is 22.1 Å². The summed E-state index contributed by atoms with van der Waals surface area (Å²) in [5.41, 5.74) is 3.14. The summed E-state index contributed by atoms with van der Waals surface area (Å²) in [4.78, 5) is 13.5. The minimum atomic E-state index is -4.44. The zero-order valence-electron chi connectivity index (χ0n) is 25.1. The van der Waals surface area contributed by atoms with Gasteiger partial charge in [-0.05, 0) is 91.5 Å². The molecule has 3 aliphatic rings. The van der Waals surface area contributed by atoms with Crippen LogP contribution in [0.2, 0.25) is 0 Å². The van der Waals surface area contributed by atoms with Crippen molar-refractivity contribution >= 4 is 15.9 Å². The van der Waals surface area contributed by atoms with Gasteiger partial charge in [-0.25, -0.2) is 0 Å². The zero-order chi connectivity index (χ0) is 31.9. The summed E-state index contributed by atoms with van der Waals surface area (Å²) in [5.74, 6) is 0.432. The lowest BCUT2D eigenvalue weighted by molar-refractivity contribution is -0.137. The molecular formula is C34H32F3N3O4S. The summed E-state index contributed by atoms with van der Waals surface area (Å²) < 4.78 is 73.2. The van der Waals surface area contributed by atoms with Crippen LogP contribution in [0.4, 0.5) is 13.2 Å². The number of Topliss-reactive ketones (excluding diaryl/α,β-unsaturated/α-hetero) is 1. The van der Waals surface area contributed by atoms with Crippen molar-refractivity contribution in [2.24, 2.45) is 10.8 Å². The largest absolute Gasteiger partial charge is 0.416 e. The number of aryl methyl sites for hydroxylation is 1. The predicted molar refractivity (Wildman–Crippen MR) is 160 cm³/mol. The average Bonchev–Trinajstić information content (AvgIpc) is 3.61. The third-order valence-corrected chi connectivity index (χ3v) is 11.7. The van der Waals surface area contributed by atoms with E-state index in [0.29, 0.717) is 29.8 Å². The first-order valence-electron chi connectivity index (χ1n) is 15.0. The first-order valence-corrected chi connectivity index (χ1v) is 16.4. The first kappa shape index (κ1) is 29.7. The lowest BCUT2D eigenvalue weighted by atomic mass is 9.61. The highest BCUT2D eigenvalue weighted by atomic mass is 32.2. The van der Waals surface area contributed by atoms with Gasteiger partial charge in [0.05, 0.1) is 18.3 Å². The first-order chi connectivity index (χ1) is 21.2. The second-order valence-electron chi connectivity index (χ2n) is 13.2. The summed E-state index contributed by atoms with van der Waals surface area (Å²) >= 11 is 0. The van der Waals surface area contributed by atoms with E-state index in [2.05, 4.69) is 10.3 Å². The van der Waals surface area contributed by atoms with Crippen LogP contribution >= 0.6 is 0 Å². The maximum Gasteiger partial charge on any atom is 0.416 e. The van der Waals surface area contributed by atoms with E-state index in [9.17, 15) is 26.4 Å². The van der Waals surface area contributed by atoms with Gasteiger partial charge in [-0.3, -0.25) is 9.48 Å². The van der Waals surface area contributed by atoms with Gasteiger partial charge in [-0.2, -0.15) is 21.6 Å². The number of rotatable bonds is 6. The number of hydrogen-bond donors (Lipinski definition) is 0. The molecular weight excluding hydrogens is 603 g/mol. The van der Waals surface area contributed by atoms with Gasteiger partial charge in [-0.1, -0.05) is 48.0 Å². The molecule has 1 heterocycles. The van der Waals surface area contributed by atoms with Gasteiger partial charge in [0.15, 0.2) is 0 Å². The molecule has 1 aromatic heterocycles. The summed E-state index contributed by atoms with van der Waals surface area (Å²) in [6.45, 7) is 6.16. The maximum atomic E-state index is 13.5. The van der Waals surface area contributed by atoms with Gasteiger partial charge < -0.3 is 4.18 Å². The predicted octanol–water partition coefficient (Wildman–Crippen LogP) is 7.38. The van der Waals surface area contributed by atoms with Crippen LogP contribution < -0.4 is 4.18 Å². The normalized spacial score (nSPS) is 25.7. The van der Waals surface area contributed by atoms with Crippen LogP contribution in [0.15, 0.2) is 71.8 Å². The molecule has 4 aromatic rings. The molecule has 2 fully saturated rings. The lowest BCUT2D eigenvalue weighted by Crippen LogP contribution is -2.35. The van der Waals surface area contributed by atoms with Crippen LogP contribution in [0, 0.1) is 24.7 Å². The number of carbonyl (C=O) groups excluding carboxylic acids is 1. The Balaban J connectivity index is 1.27. The zero-order valence-corrected chi connectivity index (χ0v) is 25.9. The number of carbonyl (C=O) groups is 1. The molecule has 7 rings (SSSR count).